The number of ether oxygens (including phenoxy) is 2. The molecule has 0 spiro atoms. The highest BCUT2D eigenvalue weighted by Gasteiger charge is 2.46. The molecule has 1 unspecified atom stereocenters. The molecule has 2 aliphatic heterocycles. The number of halogens is 1. The molecule has 8 nitrogen and oxygen atoms in total. The molecule has 0 saturated carbocycles. The molecule has 1 amide bonds. The molecule has 1 atom stereocenters. The summed E-state index contributed by atoms with van der Waals surface area (Å²) in [4.78, 5) is 30.0. The van der Waals surface area contributed by atoms with Gasteiger partial charge in [0.1, 0.15) is 17.3 Å². The number of amides is 1. The van der Waals surface area contributed by atoms with Crippen LogP contribution in [0.5, 0.6) is 11.5 Å². The Morgan fingerprint density at radius 1 is 1.12 bits per heavy atom. The van der Waals surface area contributed by atoms with Crippen LogP contribution in [0.2, 0.25) is 0 Å². The predicted octanol–water partition coefficient (Wildman–Crippen LogP) is 3.31. The molecule has 2 aliphatic rings. The standard InChI is InChI=1S/C25H27BrN2O6/c1-33-18-6-3-16(4-7-18)22-21(23(30)19-15-17(26)5-8-20(19)29)24(31)25(32)28(22)10-2-9-27-11-13-34-14-12-27/h3-8,15,22,29-30H,2,9-14H2,1H3/b23-21+. The highest BCUT2D eigenvalue weighted by molar-refractivity contribution is 9.10. The van der Waals surface area contributed by atoms with E-state index >= 15 is 0 Å². The molecule has 0 radical (unpaired) electrons. The van der Waals surface area contributed by atoms with Gasteiger partial charge >= 0.3 is 0 Å². The Hall–Kier alpha value is -2.88. The average molecular weight is 531 g/mol. The zero-order valence-corrected chi connectivity index (χ0v) is 20.5. The van der Waals surface area contributed by atoms with Crippen molar-refractivity contribution in [3.63, 3.8) is 0 Å². The first-order valence-corrected chi connectivity index (χ1v) is 11.9. The van der Waals surface area contributed by atoms with E-state index in [1.807, 2.05) is 0 Å². The van der Waals surface area contributed by atoms with E-state index in [9.17, 15) is 19.8 Å². The number of carbonyl (C=O) groups is 2. The minimum Gasteiger partial charge on any atom is -0.507 e. The van der Waals surface area contributed by atoms with E-state index in [0.29, 0.717) is 42.0 Å². The van der Waals surface area contributed by atoms with E-state index in [2.05, 4.69) is 20.8 Å². The topological polar surface area (TPSA) is 99.5 Å². The number of rotatable bonds is 7. The van der Waals surface area contributed by atoms with Crippen molar-refractivity contribution < 1.29 is 29.3 Å². The Labute approximate surface area is 206 Å². The number of morpholine rings is 1. The van der Waals surface area contributed by atoms with E-state index in [-0.39, 0.29) is 16.9 Å². The summed E-state index contributed by atoms with van der Waals surface area (Å²) in [6.07, 6.45) is 0.669. The van der Waals surface area contributed by atoms with Gasteiger partial charge in [0, 0.05) is 30.7 Å². The van der Waals surface area contributed by atoms with Crippen molar-refractivity contribution in [2.45, 2.75) is 12.5 Å². The van der Waals surface area contributed by atoms with E-state index in [0.717, 1.165) is 19.6 Å². The fourth-order valence-electron chi connectivity index (χ4n) is 4.38. The van der Waals surface area contributed by atoms with Crippen LogP contribution in [-0.2, 0) is 14.3 Å². The summed E-state index contributed by atoms with van der Waals surface area (Å²) in [6, 6.07) is 10.8. The van der Waals surface area contributed by atoms with Gasteiger partial charge in [0.2, 0.25) is 0 Å². The molecule has 2 saturated heterocycles. The molecule has 0 aromatic heterocycles. The number of benzene rings is 2. The largest absolute Gasteiger partial charge is 0.507 e. The number of carbonyl (C=O) groups excluding carboxylic acids is 2. The van der Waals surface area contributed by atoms with Crippen LogP contribution in [0.25, 0.3) is 5.76 Å². The number of Topliss-reactive ketones (excluding diaryl/α,β-unsaturated/α-hetero) is 1. The maximum Gasteiger partial charge on any atom is 0.295 e. The molecule has 180 valence electrons. The number of likely N-dealkylation sites (tertiary alicyclic amines) is 1. The van der Waals surface area contributed by atoms with Crippen LogP contribution in [0, 0.1) is 0 Å². The second kappa shape index (κ2) is 10.6. The highest BCUT2D eigenvalue weighted by Crippen LogP contribution is 2.41. The molecular weight excluding hydrogens is 504 g/mol. The van der Waals surface area contributed by atoms with E-state index in [1.54, 1.807) is 37.4 Å². The Bertz CT molecular complexity index is 1100. The number of phenolic OH excluding ortho intramolecular Hbond substituents is 1. The first-order valence-electron chi connectivity index (χ1n) is 11.1. The zero-order chi connectivity index (χ0) is 24.2. The molecule has 34 heavy (non-hydrogen) atoms. The number of ketones is 1. The number of hydrogen-bond donors (Lipinski definition) is 2. The maximum absolute atomic E-state index is 13.1. The van der Waals surface area contributed by atoms with E-state index < -0.39 is 23.5 Å². The van der Waals surface area contributed by atoms with Gasteiger partial charge in [0.15, 0.2) is 0 Å². The molecule has 2 N–H and O–H groups in total. The van der Waals surface area contributed by atoms with Crippen molar-refractivity contribution in [2.75, 3.05) is 46.5 Å². The lowest BCUT2D eigenvalue weighted by Gasteiger charge is -2.29. The molecule has 2 aromatic carbocycles. The van der Waals surface area contributed by atoms with Gasteiger partial charge < -0.3 is 24.6 Å². The lowest BCUT2D eigenvalue weighted by Crippen LogP contribution is -2.38. The van der Waals surface area contributed by atoms with Gasteiger partial charge in [-0.1, -0.05) is 28.1 Å². The minimum atomic E-state index is -0.783. The summed E-state index contributed by atoms with van der Waals surface area (Å²) in [5.74, 6) is -1.40. The first-order chi connectivity index (χ1) is 16.4. The number of nitrogens with zero attached hydrogens (tertiary/aromatic N) is 2. The van der Waals surface area contributed by atoms with E-state index in [4.69, 9.17) is 9.47 Å². The second-order valence-electron chi connectivity index (χ2n) is 8.23. The second-order valence-corrected chi connectivity index (χ2v) is 9.15. The van der Waals surface area contributed by atoms with Gasteiger partial charge in [0.05, 0.1) is 37.5 Å². The summed E-state index contributed by atoms with van der Waals surface area (Å²) < 4.78 is 11.2. The quantitative estimate of drug-likeness (QED) is 0.321. The van der Waals surface area contributed by atoms with Crippen LogP contribution < -0.4 is 4.74 Å². The minimum absolute atomic E-state index is 0.0464. The smallest absolute Gasteiger partial charge is 0.295 e. The summed E-state index contributed by atoms with van der Waals surface area (Å²) >= 11 is 3.33. The average Bonchev–Trinajstić information content (AvgIpc) is 3.11. The fraction of sp³-hybridized carbons (Fsp3) is 0.360. The van der Waals surface area contributed by atoms with Crippen molar-refractivity contribution in [1.82, 2.24) is 9.80 Å². The normalized spacial score (nSPS) is 20.6. The molecule has 9 heteroatoms. The molecular formula is C25H27BrN2O6. The van der Waals surface area contributed by atoms with Gasteiger partial charge in [-0.15, -0.1) is 0 Å². The molecule has 4 rings (SSSR count). The van der Waals surface area contributed by atoms with Crippen molar-refractivity contribution in [3.8, 4) is 11.5 Å². The summed E-state index contributed by atoms with van der Waals surface area (Å²) in [7, 11) is 1.56. The molecule has 0 aliphatic carbocycles. The Morgan fingerprint density at radius 3 is 2.50 bits per heavy atom. The number of phenols is 1. The van der Waals surface area contributed by atoms with Crippen LogP contribution in [0.15, 0.2) is 52.5 Å². The number of hydrogen-bond acceptors (Lipinski definition) is 7. The Kier molecular flexibility index (Phi) is 7.55. The first kappa shape index (κ1) is 24.3. The van der Waals surface area contributed by atoms with Crippen LogP contribution in [0.4, 0.5) is 0 Å². The summed E-state index contributed by atoms with van der Waals surface area (Å²) in [5, 5.41) is 21.5. The van der Waals surface area contributed by atoms with Crippen molar-refractivity contribution in [1.29, 1.82) is 0 Å². The SMILES string of the molecule is COc1ccc(C2/C(=C(\O)c3cc(Br)ccc3O)C(=O)C(=O)N2CCCN2CCOCC2)cc1. The van der Waals surface area contributed by atoms with Gasteiger partial charge in [-0.3, -0.25) is 14.5 Å². The Morgan fingerprint density at radius 2 is 1.82 bits per heavy atom. The van der Waals surface area contributed by atoms with E-state index in [1.165, 1.54) is 17.0 Å². The zero-order valence-electron chi connectivity index (χ0n) is 18.9. The van der Waals surface area contributed by atoms with Crippen LogP contribution in [0.3, 0.4) is 0 Å². The number of aliphatic hydroxyl groups excluding tert-OH is 1. The van der Waals surface area contributed by atoms with Crippen molar-refractivity contribution in [3.05, 3.63) is 63.6 Å². The van der Waals surface area contributed by atoms with Gasteiger partial charge in [-0.25, -0.2) is 0 Å². The lowest BCUT2D eigenvalue weighted by atomic mass is 9.95. The molecule has 2 heterocycles. The molecule has 0 bridgehead atoms. The number of aliphatic hydroxyl groups is 1. The predicted molar refractivity (Wildman–Crippen MR) is 130 cm³/mol. The summed E-state index contributed by atoms with van der Waals surface area (Å²) in [6.45, 7) is 4.17. The van der Waals surface area contributed by atoms with Crippen molar-refractivity contribution in [2.24, 2.45) is 0 Å². The van der Waals surface area contributed by atoms with Crippen LogP contribution in [0.1, 0.15) is 23.6 Å². The Balaban J connectivity index is 1.70. The maximum atomic E-state index is 13.1. The third-order valence-electron chi connectivity index (χ3n) is 6.16. The number of aromatic hydroxyl groups is 1. The third kappa shape index (κ3) is 4.96. The highest BCUT2D eigenvalue weighted by atomic mass is 79.9. The van der Waals surface area contributed by atoms with Crippen LogP contribution >= 0.6 is 15.9 Å². The third-order valence-corrected chi connectivity index (χ3v) is 6.66. The van der Waals surface area contributed by atoms with Gasteiger partial charge in [-0.05, 0) is 42.3 Å². The fourth-order valence-corrected chi connectivity index (χ4v) is 4.74. The van der Waals surface area contributed by atoms with Crippen LogP contribution in [-0.4, -0.2) is 78.2 Å². The van der Waals surface area contributed by atoms with Gasteiger partial charge in [-0.2, -0.15) is 0 Å². The van der Waals surface area contributed by atoms with Gasteiger partial charge in [0.25, 0.3) is 11.7 Å². The van der Waals surface area contributed by atoms with Crippen molar-refractivity contribution >= 4 is 33.4 Å². The molecule has 2 fully saturated rings. The monoisotopic (exact) mass is 530 g/mol. The molecule has 2 aromatic rings. The summed E-state index contributed by atoms with van der Waals surface area (Å²) in [5.41, 5.74) is 0.705. The number of methoxy groups -OCH3 is 1. The lowest BCUT2D eigenvalue weighted by molar-refractivity contribution is -0.140.